The first kappa shape index (κ1) is 35.0. The van der Waals surface area contributed by atoms with Crippen molar-refractivity contribution in [3.8, 4) is 0 Å². The highest BCUT2D eigenvalue weighted by Gasteiger charge is 2.41. The van der Waals surface area contributed by atoms with Crippen molar-refractivity contribution in [1.29, 1.82) is 0 Å². The average molecular weight is 683 g/mol. The fraction of sp³-hybridized carbons (Fsp3) is 0.245. The SMILES string of the molecule is C=CCN1C(=CC=C2CC/C(=C\C=C3\N(CC=C)c4ccc(C)cc4C3(C)C)C2=[N+](c2ccccc2)c2ccccc2)C(C)(C)c2cc(C)ccc21. The molecule has 1 saturated carbocycles. The zero-order chi connectivity index (χ0) is 36.6. The number of allylic oxidation sites excluding steroid dienone is 8. The van der Waals surface area contributed by atoms with Gasteiger partial charge in [-0.05, 0) is 62.1 Å². The molecule has 52 heavy (non-hydrogen) atoms. The predicted octanol–water partition coefficient (Wildman–Crippen LogP) is 12.0. The molecular formula is C49H52N3+. The minimum Gasteiger partial charge on any atom is -0.340 e. The van der Waals surface area contributed by atoms with Gasteiger partial charge in [0, 0.05) is 82.1 Å². The van der Waals surface area contributed by atoms with E-state index < -0.39 is 0 Å². The number of anilines is 2. The van der Waals surface area contributed by atoms with Gasteiger partial charge in [-0.2, -0.15) is 4.58 Å². The molecule has 0 bridgehead atoms. The zero-order valence-corrected chi connectivity index (χ0v) is 31.8. The van der Waals surface area contributed by atoms with Crippen LogP contribution < -0.4 is 14.4 Å². The molecule has 2 heterocycles. The van der Waals surface area contributed by atoms with Gasteiger partial charge in [0.1, 0.15) is 0 Å². The normalized spacial score (nSPS) is 20.2. The van der Waals surface area contributed by atoms with Crippen molar-refractivity contribution in [2.75, 3.05) is 22.9 Å². The monoisotopic (exact) mass is 682 g/mol. The largest absolute Gasteiger partial charge is 0.340 e. The van der Waals surface area contributed by atoms with Gasteiger partial charge in [0.15, 0.2) is 0 Å². The molecule has 1 fully saturated rings. The molecule has 3 heteroatoms. The minimum absolute atomic E-state index is 0.141. The van der Waals surface area contributed by atoms with Crippen molar-refractivity contribution in [1.82, 2.24) is 4.58 Å². The van der Waals surface area contributed by atoms with Gasteiger partial charge >= 0.3 is 0 Å². The molecule has 262 valence electrons. The molecule has 4 aromatic carbocycles. The van der Waals surface area contributed by atoms with Gasteiger partial charge in [-0.25, -0.2) is 0 Å². The second-order valence-electron chi connectivity index (χ2n) is 15.4. The van der Waals surface area contributed by atoms with Gasteiger partial charge in [-0.1, -0.05) is 124 Å². The molecule has 1 aliphatic carbocycles. The highest BCUT2D eigenvalue weighted by Crippen LogP contribution is 2.49. The van der Waals surface area contributed by atoms with E-state index in [1.807, 2.05) is 12.2 Å². The van der Waals surface area contributed by atoms with Crippen LogP contribution in [0.15, 0.2) is 169 Å². The molecule has 0 unspecified atom stereocenters. The van der Waals surface area contributed by atoms with Crippen LogP contribution in [0, 0.1) is 13.8 Å². The van der Waals surface area contributed by atoms with E-state index >= 15 is 0 Å². The van der Waals surface area contributed by atoms with Crippen LogP contribution in [0.3, 0.4) is 0 Å². The molecule has 0 amide bonds. The van der Waals surface area contributed by atoms with Crippen LogP contribution in [0.1, 0.15) is 62.8 Å². The van der Waals surface area contributed by atoms with Gasteiger partial charge < -0.3 is 9.80 Å². The van der Waals surface area contributed by atoms with Gasteiger partial charge in [-0.3, -0.25) is 0 Å². The maximum atomic E-state index is 4.13. The number of nitrogens with zero attached hydrogens (tertiary/aromatic N) is 3. The first-order valence-corrected chi connectivity index (χ1v) is 18.7. The number of aryl methyl sites for hydroxylation is 2. The van der Waals surface area contributed by atoms with E-state index in [0.717, 1.165) is 37.3 Å². The summed E-state index contributed by atoms with van der Waals surface area (Å²) in [5, 5.41) is 0. The fourth-order valence-electron chi connectivity index (χ4n) is 8.47. The highest BCUT2D eigenvalue weighted by molar-refractivity contribution is 6.17. The third kappa shape index (κ3) is 6.13. The Hall–Kier alpha value is -5.41. The summed E-state index contributed by atoms with van der Waals surface area (Å²) in [6, 6.07) is 35.3. The first-order valence-electron chi connectivity index (χ1n) is 18.7. The second-order valence-corrected chi connectivity index (χ2v) is 15.4. The lowest BCUT2D eigenvalue weighted by Crippen LogP contribution is -2.26. The van der Waals surface area contributed by atoms with E-state index in [4.69, 9.17) is 0 Å². The smallest absolute Gasteiger partial charge is 0.218 e. The van der Waals surface area contributed by atoms with Gasteiger partial charge in [0.2, 0.25) is 17.1 Å². The molecule has 3 aliphatic rings. The molecule has 0 spiro atoms. The predicted molar refractivity (Wildman–Crippen MR) is 224 cm³/mol. The summed E-state index contributed by atoms with van der Waals surface area (Å²) in [6.45, 7) is 23.6. The van der Waals surface area contributed by atoms with Gasteiger partial charge in [-0.15, -0.1) is 13.2 Å². The standard InChI is InChI=1S/C49H52N3/c1-9-31-50-43-27-21-35(3)33-41(43)48(5,6)45(50)29-25-37-23-24-38(47(37)52(39-17-13-11-14-18-39)40-19-15-12-16-20-40)26-30-46-49(7,8)42-34-36(4)22-28-44(42)51(46)32-10-2/h9-22,25-30,33-34H,1-2,23-24,31-32H2,3-8H3/q+1. The zero-order valence-electron chi connectivity index (χ0n) is 31.8. The Kier molecular flexibility index (Phi) is 9.40. The molecule has 0 saturated heterocycles. The maximum Gasteiger partial charge on any atom is 0.218 e. The quantitative estimate of drug-likeness (QED) is 0.135. The Labute approximate surface area is 311 Å². The summed E-state index contributed by atoms with van der Waals surface area (Å²) in [6.07, 6.45) is 15.5. The number of benzene rings is 4. The van der Waals surface area contributed by atoms with Crippen LogP contribution in [0.25, 0.3) is 0 Å². The Morgan fingerprint density at radius 1 is 0.577 bits per heavy atom. The van der Waals surface area contributed by atoms with E-state index in [1.54, 1.807) is 0 Å². The molecule has 0 atom stereocenters. The number of hydrogen-bond acceptors (Lipinski definition) is 2. The minimum atomic E-state index is -0.141. The molecule has 3 nitrogen and oxygen atoms in total. The van der Waals surface area contributed by atoms with Crippen LogP contribution >= 0.6 is 0 Å². The van der Waals surface area contributed by atoms with Crippen molar-refractivity contribution in [2.45, 2.75) is 65.2 Å². The summed E-state index contributed by atoms with van der Waals surface area (Å²) in [4.78, 5) is 4.88. The summed E-state index contributed by atoms with van der Waals surface area (Å²) >= 11 is 0. The van der Waals surface area contributed by atoms with Crippen LogP contribution in [-0.2, 0) is 10.8 Å². The summed E-state index contributed by atoms with van der Waals surface area (Å²) in [5.74, 6) is 0. The number of hydrogen-bond donors (Lipinski definition) is 0. The summed E-state index contributed by atoms with van der Waals surface area (Å²) in [7, 11) is 0. The average Bonchev–Trinajstić information content (AvgIpc) is 3.69. The lowest BCUT2D eigenvalue weighted by molar-refractivity contribution is 0.636. The number of rotatable bonds is 8. The molecule has 0 radical (unpaired) electrons. The topological polar surface area (TPSA) is 9.49 Å². The summed E-state index contributed by atoms with van der Waals surface area (Å²) < 4.78 is 2.46. The lowest BCUT2D eigenvalue weighted by atomic mass is 9.83. The number of para-hydroxylation sites is 2. The van der Waals surface area contributed by atoms with Crippen LogP contribution in [0.5, 0.6) is 0 Å². The van der Waals surface area contributed by atoms with Crippen molar-refractivity contribution in [2.24, 2.45) is 0 Å². The molecule has 0 aromatic heterocycles. The van der Waals surface area contributed by atoms with Crippen molar-refractivity contribution < 1.29 is 0 Å². The second kappa shape index (κ2) is 14.0. The van der Waals surface area contributed by atoms with E-state index in [0.29, 0.717) is 0 Å². The van der Waals surface area contributed by atoms with E-state index in [2.05, 4.69) is 190 Å². The van der Waals surface area contributed by atoms with Gasteiger partial charge in [0.05, 0.1) is 0 Å². The highest BCUT2D eigenvalue weighted by atomic mass is 15.2. The first-order chi connectivity index (χ1) is 25.1. The Bertz CT molecular complexity index is 2030. The molecular weight excluding hydrogens is 631 g/mol. The number of fused-ring (bicyclic) bond motifs is 2. The summed E-state index contributed by atoms with van der Waals surface area (Å²) in [5.41, 5.74) is 16.4. The fourth-order valence-corrected chi connectivity index (χ4v) is 8.47. The maximum absolute atomic E-state index is 4.13. The molecule has 2 aliphatic heterocycles. The van der Waals surface area contributed by atoms with E-state index in [1.165, 1.54) is 61.9 Å². The van der Waals surface area contributed by atoms with Crippen LogP contribution in [-0.4, -0.2) is 18.8 Å². The molecule has 7 rings (SSSR count). The van der Waals surface area contributed by atoms with Crippen LogP contribution in [0.4, 0.5) is 22.7 Å². The van der Waals surface area contributed by atoms with Crippen molar-refractivity contribution >= 4 is 28.5 Å². The molecule has 4 aromatic rings. The lowest BCUT2D eigenvalue weighted by Gasteiger charge is -2.26. The van der Waals surface area contributed by atoms with Crippen LogP contribution in [0.2, 0.25) is 0 Å². The van der Waals surface area contributed by atoms with E-state index in [-0.39, 0.29) is 10.8 Å². The van der Waals surface area contributed by atoms with Gasteiger partial charge in [0.25, 0.3) is 0 Å². The third-order valence-electron chi connectivity index (χ3n) is 11.1. The van der Waals surface area contributed by atoms with Crippen molar-refractivity contribution in [3.63, 3.8) is 0 Å². The Morgan fingerprint density at radius 2 is 0.981 bits per heavy atom. The third-order valence-corrected chi connectivity index (χ3v) is 11.1. The Morgan fingerprint density at radius 3 is 1.37 bits per heavy atom. The Balaban J connectivity index is 1.43. The molecule has 0 N–H and O–H groups in total. The van der Waals surface area contributed by atoms with Crippen molar-refractivity contribution in [3.05, 3.63) is 191 Å². The van der Waals surface area contributed by atoms with E-state index in [9.17, 15) is 0 Å².